The lowest BCUT2D eigenvalue weighted by Crippen LogP contribution is -2.34. The Bertz CT molecular complexity index is 325. The summed E-state index contributed by atoms with van der Waals surface area (Å²) in [6.07, 6.45) is 0. The number of amides is 1. The molecule has 0 fully saturated rings. The van der Waals surface area contributed by atoms with Gasteiger partial charge in [0.15, 0.2) is 0 Å². The van der Waals surface area contributed by atoms with E-state index in [4.69, 9.17) is 10.6 Å². The highest BCUT2D eigenvalue weighted by atomic mass is 16.7. The van der Waals surface area contributed by atoms with E-state index in [9.17, 15) is 4.79 Å². The molecule has 1 atom stereocenters. The second-order valence-electron chi connectivity index (χ2n) is 4.06. The number of rotatable bonds is 5. The lowest BCUT2D eigenvalue weighted by Gasteiger charge is -2.13. The van der Waals surface area contributed by atoms with Gasteiger partial charge in [-0.3, -0.25) is 9.63 Å². The summed E-state index contributed by atoms with van der Waals surface area (Å²) in [5.74, 6) is 0.0418. The van der Waals surface area contributed by atoms with Gasteiger partial charge >= 0.3 is 0 Å². The second kappa shape index (κ2) is 6.25. The van der Waals surface area contributed by atoms with Crippen LogP contribution in [0.1, 0.15) is 25.5 Å². The van der Waals surface area contributed by atoms with Crippen LogP contribution in [0, 0.1) is 5.92 Å². The highest BCUT2D eigenvalue weighted by Gasteiger charge is 2.15. The molecule has 0 heterocycles. The van der Waals surface area contributed by atoms with Gasteiger partial charge in [0.1, 0.15) is 6.04 Å². The lowest BCUT2D eigenvalue weighted by molar-refractivity contribution is -0.135. The fraction of sp³-hybridized carbons (Fsp3) is 0.417. The lowest BCUT2D eigenvalue weighted by atomic mass is 10.1. The van der Waals surface area contributed by atoms with Gasteiger partial charge in [-0.2, -0.15) is 0 Å². The summed E-state index contributed by atoms with van der Waals surface area (Å²) < 4.78 is 0. The van der Waals surface area contributed by atoms with E-state index in [-0.39, 0.29) is 5.91 Å². The molecular formula is C12H18N2O2. The van der Waals surface area contributed by atoms with Crippen molar-refractivity contribution in [2.75, 3.05) is 6.61 Å². The van der Waals surface area contributed by atoms with Crippen molar-refractivity contribution < 1.29 is 9.63 Å². The third-order valence-corrected chi connectivity index (χ3v) is 2.03. The van der Waals surface area contributed by atoms with Crippen LogP contribution in [-0.2, 0) is 9.63 Å². The SMILES string of the molecule is CC(C)CONC(=O)[C@@H](N)c1ccccc1. The minimum Gasteiger partial charge on any atom is -0.316 e. The minimum absolute atomic E-state index is 0.327. The summed E-state index contributed by atoms with van der Waals surface area (Å²) in [6.45, 7) is 4.49. The van der Waals surface area contributed by atoms with Gasteiger partial charge in [-0.1, -0.05) is 44.2 Å². The number of benzene rings is 1. The van der Waals surface area contributed by atoms with Gasteiger partial charge in [0.05, 0.1) is 6.61 Å². The number of carbonyl (C=O) groups is 1. The molecule has 0 spiro atoms. The van der Waals surface area contributed by atoms with Crippen molar-refractivity contribution in [1.82, 2.24) is 5.48 Å². The summed E-state index contributed by atoms with van der Waals surface area (Å²) in [5.41, 5.74) is 8.88. The van der Waals surface area contributed by atoms with Crippen LogP contribution in [0.3, 0.4) is 0 Å². The number of hydroxylamine groups is 1. The van der Waals surface area contributed by atoms with Crippen LogP contribution in [0.2, 0.25) is 0 Å². The van der Waals surface area contributed by atoms with E-state index in [0.29, 0.717) is 12.5 Å². The fourth-order valence-electron chi connectivity index (χ4n) is 1.15. The molecule has 0 radical (unpaired) electrons. The van der Waals surface area contributed by atoms with E-state index in [1.165, 1.54) is 0 Å². The van der Waals surface area contributed by atoms with Crippen LogP contribution in [0.25, 0.3) is 0 Å². The molecule has 1 aromatic rings. The molecule has 16 heavy (non-hydrogen) atoms. The summed E-state index contributed by atoms with van der Waals surface area (Å²) in [5, 5.41) is 0. The van der Waals surface area contributed by atoms with Crippen LogP contribution in [0.15, 0.2) is 30.3 Å². The van der Waals surface area contributed by atoms with Gasteiger partial charge < -0.3 is 5.73 Å². The molecule has 4 nitrogen and oxygen atoms in total. The molecule has 0 saturated carbocycles. The molecule has 0 saturated heterocycles. The molecule has 0 aliphatic rings. The standard InChI is InChI=1S/C12H18N2O2/c1-9(2)8-16-14-12(15)11(13)10-6-4-3-5-7-10/h3-7,9,11H,8,13H2,1-2H3,(H,14,15)/t11-/m0/s1. The topological polar surface area (TPSA) is 64.3 Å². The van der Waals surface area contributed by atoms with Crippen molar-refractivity contribution in [3.63, 3.8) is 0 Å². The van der Waals surface area contributed by atoms with Gasteiger partial charge in [0, 0.05) is 0 Å². The number of nitrogens with one attached hydrogen (secondary N) is 1. The molecule has 3 N–H and O–H groups in total. The predicted octanol–water partition coefficient (Wildman–Crippen LogP) is 1.39. The van der Waals surface area contributed by atoms with E-state index >= 15 is 0 Å². The first-order valence-electron chi connectivity index (χ1n) is 5.33. The molecule has 0 bridgehead atoms. The summed E-state index contributed by atoms with van der Waals surface area (Å²) >= 11 is 0. The van der Waals surface area contributed by atoms with E-state index in [0.717, 1.165) is 5.56 Å². The highest BCUT2D eigenvalue weighted by Crippen LogP contribution is 2.09. The molecule has 0 aliphatic heterocycles. The van der Waals surface area contributed by atoms with Gasteiger partial charge in [-0.15, -0.1) is 0 Å². The summed E-state index contributed by atoms with van der Waals surface area (Å²) in [7, 11) is 0. The van der Waals surface area contributed by atoms with Gasteiger partial charge in [0.25, 0.3) is 5.91 Å². The Kier molecular flexibility index (Phi) is 4.95. The first-order chi connectivity index (χ1) is 7.61. The van der Waals surface area contributed by atoms with Crippen molar-refractivity contribution in [3.05, 3.63) is 35.9 Å². The zero-order valence-corrected chi connectivity index (χ0v) is 9.64. The number of nitrogens with two attached hydrogens (primary N) is 1. The quantitative estimate of drug-likeness (QED) is 0.740. The van der Waals surface area contributed by atoms with E-state index in [1.807, 2.05) is 44.2 Å². The third-order valence-electron chi connectivity index (χ3n) is 2.03. The second-order valence-corrected chi connectivity index (χ2v) is 4.06. The molecule has 0 unspecified atom stereocenters. The largest absolute Gasteiger partial charge is 0.316 e. The molecule has 88 valence electrons. The van der Waals surface area contributed by atoms with Crippen molar-refractivity contribution in [1.29, 1.82) is 0 Å². The number of hydrogen-bond donors (Lipinski definition) is 2. The maximum atomic E-state index is 11.6. The minimum atomic E-state index is -0.687. The van der Waals surface area contributed by atoms with Gasteiger partial charge in [-0.05, 0) is 11.5 Å². The first-order valence-corrected chi connectivity index (χ1v) is 5.33. The van der Waals surface area contributed by atoms with Crippen molar-refractivity contribution in [2.45, 2.75) is 19.9 Å². The first kappa shape index (κ1) is 12.7. The van der Waals surface area contributed by atoms with Crippen molar-refractivity contribution in [2.24, 2.45) is 11.7 Å². The van der Waals surface area contributed by atoms with Crippen molar-refractivity contribution in [3.8, 4) is 0 Å². The third kappa shape index (κ3) is 4.00. The maximum Gasteiger partial charge on any atom is 0.265 e. The number of carbonyl (C=O) groups excluding carboxylic acids is 1. The summed E-state index contributed by atoms with van der Waals surface area (Å²) in [6, 6.07) is 8.51. The monoisotopic (exact) mass is 222 g/mol. The Balaban J connectivity index is 2.43. The van der Waals surface area contributed by atoms with Crippen LogP contribution >= 0.6 is 0 Å². The van der Waals surface area contributed by atoms with Gasteiger partial charge in [-0.25, -0.2) is 5.48 Å². The summed E-state index contributed by atoms with van der Waals surface area (Å²) in [4.78, 5) is 16.6. The molecule has 0 aromatic heterocycles. The van der Waals surface area contributed by atoms with E-state index in [1.54, 1.807) is 0 Å². The van der Waals surface area contributed by atoms with Crippen LogP contribution in [0.5, 0.6) is 0 Å². The van der Waals surface area contributed by atoms with E-state index < -0.39 is 6.04 Å². The highest BCUT2D eigenvalue weighted by molar-refractivity contribution is 5.81. The zero-order chi connectivity index (χ0) is 12.0. The Morgan fingerprint density at radius 2 is 2.00 bits per heavy atom. The van der Waals surface area contributed by atoms with Crippen LogP contribution in [0.4, 0.5) is 0 Å². The Morgan fingerprint density at radius 3 is 2.56 bits per heavy atom. The van der Waals surface area contributed by atoms with Crippen molar-refractivity contribution >= 4 is 5.91 Å². The molecule has 1 amide bonds. The average molecular weight is 222 g/mol. The van der Waals surface area contributed by atoms with Crippen LogP contribution < -0.4 is 11.2 Å². The normalized spacial score (nSPS) is 12.5. The molecule has 0 aliphatic carbocycles. The number of hydrogen-bond acceptors (Lipinski definition) is 3. The predicted molar refractivity (Wildman–Crippen MR) is 62.3 cm³/mol. The Labute approximate surface area is 95.7 Å². The molecular weight excluding hydrogens is 204 g/mol. The molecule has 4 heteroatoms. The van der Waals surface area contributed by atoms with E-state index in [2.05, 4.69) is 5.48 Å². The Morgan fingerprint density at radius 1 is 1.38 bits per heavy atom. The zero-order valence-electron chi connectivity index (χ0n) is 9.64. The fourth-order valence-corrected chi connectivity index (χ4v) is 1.15. The molecule has 1 aromatic carbocycles. The smallest absolute Gasteiger partial charge is 0.265 e. The average Bonchev–Trinajstić information content (AvgIpc) is 2.28. The Hall–Kier alpha value is -1.39. The maximum absolute atomic E-state index is 11.6. The van der Waals surface area contributed by atoms with Gasteiger partial charge in [0.2, 0.25) is 0 Å². The van der Waals surface area contributed by atoms with Crippen LogP contribution in [-0.4, -0.2) is 12.5 Å². The molecule has 1 rings (SSSR count).